The Balaban J connectivity index is 0. The Morgan fingerprint density at radius 3 is 2.00 bits per heavy atom. The van der Waals surface area contributed by atoms with Crippen molar-refractivity contribution in [2.45, 2.75) is 46.0 Å². The number of carbonyl (C=O) groups is 1. The summed E-state index contributed by atoms with van der Waals surface area (Å²) in [5.74, 6) is -0.313. The average molecular weight is 194 g/mol. The fourth-order valence-corrected chi connectivity index (χ4v) is 2.22. The van der Waals surface area contributed by atoms with Crippen LogP contribution in [-0.4, -0.2) is 11.1 Å². The van der Waals surface area contributed by atoms with Crippen LogP contribution in [0.5, 0.6) is 0 Å². The zero-order valence-corrected chi connectivity index (χ0v) is 11.0. The number of carboxylic acids is 1. The van der Waals surface area contributed by atoms with Gasteiger partial charge in [-0.25, -0.2) is 0 Å². The minimum atomic E-state index is -0.586. The molecule has 0 bridgehead atoms. The van der Waals surface area contributed by atoms with E-state index in [-0.39, 0.29) is 36.9 Å². The van der Waals surface area contributed by atoms with Crippen molar-refractivity contribution in [3.63, 3.8) is 0 Å². The largest absolute Gasteiger partial charge is 1.00 e. The van der Waals surface area contributed by atoms with Crippen molar-refractivity contribution in [3.05, 3.63) is 0 Å². The van der Waals surface area contributed by atoms with Crippen molar-refractivity contribution in [3.8, 4) is 0 Å². The molecule has 0 saturated heterocycles. The summed E-state index contributed by atoms with van der Waals surface area (Å²) in [4.78, 5) is 11.1. The molecule has 0 aromatic rings. The fraction of sp³-hybridized carbons (Fsp3) is 0.900. The third-order valence-electron chi connectivity index (χ3n) is 3.28. The van der Waals surface area contributed by atoms with E-state index in [1.165, 1.54) is 6.42 Å². The van der Waals surface area contributed by atoms with Crippen LogP contribution in [0.15, 0.2) is 0 Å². The van der Waals surface area contributed by atoms with Gasteiger partial charge in [-0.3, -0.25) is 4.79 Å². The van der Waals surface area contributed by atoms with E-state index in [1.807, 2.05) is 13.8 Å². The molecule has 1 saturated carbocycles. The van der Waals surface area contributed by atoms with Crippen molar-refractivity contribution >= 4 is 5.97 Å². The molecule has 3 heteroatoms. The Hall–Kier alpha value is 0.470. The van der Waals surface area contributed by atoms with Crippen molar-refractivity contribution in [2.75, 3.05) is 0 Å². The number of rotatable bonds is 2. The summed E-state index contributed by atoms with van der Waals surface area (Å²) in [6.07, 6.45) is 5.14. The molecule has 0 aliphatic heterocycles. The molecule has 1 N–H and O–H groups in total. The minimum absolute atomic E-state index is 0. The number of carboxylic acid groups (broad SMARTS) is 1. The van der Waals surface area contributed by atoms with Gasteiger partial charge in [0.15, 0.2) is 0 Å². The first-order valence-electron chi connectivity index (χ1n) is 4.83. The Morgan fingerprint density at radius 2 is 1.77 bits per heavy atom. The van der Waals surface area contributed by atoms with Crippen LogP contribution in [0.4, 0.5) is 0 Å². The molecule has 0 heterocycles. The van der Waals surface area contributed by atoms with E-state index in [1.54, 1.807) is 0 Å². The van der Waals surface area contributed by atoms with E-state index in [0.717, 1.165) is 25.7 Å². The second-order valence-corrected chi connectivity index (χ2v) is 4.18. The van der Waals surface area contributed by atoms with E-state index in [0.29, 0.717) is 0 Å². The van der Waals surface area contributed by atoms with Gasteiger partial charge in [-0.05, 0) is 18.8 Å². The molecule has 0 unspecified atom stereocenters. The molecule has 0 radical (unpaired) electrons. The van der Waals surface area contributed by atoms with E-state index in [4.69, 9.17) is 5.11 Å². The van der Waals surface area contributed by atoms with Crippen LogP contribution in [-0.2, 0) is 4.79 Å². The first-order valence-corrected chi connectivity index (χ1v) is 4.83. The van der Waals surface area contributed by atoms with Gasteiger partial charge in [-0.2, -0.15) is 0 Å². The Labute approximate surface area is 104 Å². The van der Waals surface area contributed by atoms with Gasteiger partial charge in [0.05, 0.1) is 5.41 Å². The van der Waals surface area contributed by atoms with Gasteiger partial charge in [-0.15, -0.1) is 0 Å². The molecule has 0 aromatic carbocycles. The van der Waals surface area contributed by atoms with Gasteiger partial charge < -0.3 is 6.53 Å². The summed E-state index contributed by atoms with van der Waals surface area (Å²) in [5.41, 5.74) is -0.405. The Bertz CT molecular complexity index is 177. The summed E-state index contributed by atoms with van der Waals surface area (Å²) < 4.78 is 0. The van der Waals surface area contributed by atoms with Gasteiger partial charge in [0.2, 0.25) is 0 Å². The molecule has 1 aliphatic carbocycles. The number of hydrogen-bond donors (Lipinski definition) is 1. The third kappa shape index (κ3) is 2.71. The smallest absolute Gasteiger partial charge is 1.00 e. The summed E-state index contributed by atoms with van der Waals surface area (Å²) in [6.45, 7) is 4.05. The Morgan fingerprint density at radius 1 is 1.31 bits per heavy atom. The minimum Gasteiger partial charge on any atom is -1.00 e. The normalized spacial score (nSPS) is 20.8. The van der Waals surface area contributed by atoms with Crippen LogP contribution < -0.4 is 29.6 Å². The van der Waals surface area contributed by atoms with Gasteiger partial charge in [0, 0.05) is 0 Å². The summed E-state index contributed by atoms with van der Waals surface area (Å²) in [7, 11) is 0. The van der Waals surface area contributed by atoms with Crippen LogP contribution >= 0.6 is 0 Å². The van der Waals surface area contributed by atoms with Crippen molar-refractivity contribution < 1.29 is 40.9 Å². The fourth-order valence-electron chi connectivity index (χ4n) is 2.22. The van der Waals surface area contributed by atoms with E-state index in [9.17, 15) is 4.79 Å². The van der Waals surface area contributed by atoms with Crippen LogP contribution in [0.1, 0.15) is 47.4 Å². The molecule has 1 rings (SSSR count). The summed E-state index contributed by atoms with van der Waals surface area (Å²) in [5, 5.41) is 9.16. The molecule has 13 heavy (non-hydrogen) atoms. The Kier molecular flexibility index (Phi) is 5.57. The number of hydrogen-bond acceptors (Lipinski definition) is 1. The molecule has 2 nitrogen and oxygen atoms in total. The van der Waals surface area contributed by atoms with Gasteiger partial charge in [0.25, 0.3) is 0 Å². The van der Waals surface area contributed by atoms with Crippen LogP contribution in [0.25, 0.3) is 0 Å². The molecular weight excluding hydrogens is 175 g/mol. The van der Waals surface area contributed by atoms with E-state index >= 15 is 0 Å². The SMILES string of the molecule is CC(C)C1(C(=O)O)CCCCC1.[H-].[Na+]. The second kappa shape index (κ2) is 5.38. The maximum atomic E-state index is 11.1. The summed E-state index contributed by atoms with van der Waals surface area (Å²) in [6, 6.07) is 0. The van der Waals surface area contributed by atoms with Crippen LogP contribution in [0.2, 0.25) is 0 Å². The zero-order chi connectivity index (χ0) is 9.19. The zero-order valence-electron chi connectivity index (χ0n) is 9.97. The first-order chi connectivity index (χ1) is 5.59. The average Bonchev–Trinajstić information content (AvgIpc) is 2.05. The van der Waals surface area contributed by atoms with Gasteiger partial charge >= 0.3 is 35.5 Å². The molecule has 72 valence electrons. The standard InChI is InChI=1S/C10H18O2.Na.H/c1-8(2)10(9(11)12)6-4-3-5-7-10;;/h8H,3-7H2,1-2H3,(H,11,12);;/q;+1;-1. The molecule has 1 fully saturated rings. The first kappa shape index (κ1) is 13.5. The maximum Gasteiger partial charge on any atom is 1.00 e. The topological polar surface area (TPSA) is 37.3 Å². The second-order valence-electron chi connectivity index (χ2n) is 4.18. The predicted octanol–water partition coefficient (Wildman–Crippen LogP) is -0.206. The number of aliphatic carboxylic acids is 1. The van der Waals surface area contributed by atoms with Crippen molar-refractivity contribution in [1.29, 1.82) is 0 Å². The van der Waals surface area contributed by atoms with E-state index < -0.39 is 11.4 Å². The molecule has 0 spiro atoms. The molecule has 0 atom stereocenters. The molecule has 0 aromatic heterocycles. The van der Waals surface area contributed by atoms with Crippen molar-refractivity contribution in [2.24, 2.45) is 11.3 Å². The molecular formula is C10H19NaO2. The monoisotopic (exact) mass is 194 g/mol. The molecule has 1 aliphatic rings. The van der Waals surface area contributed by atoms with E-state index in [2.05, 4.69) is 0 Å². The predicted molar refractivity (Wildman–Crippen MR) is 49.1 cm³/mol. The summed E-state index contributed by atoms with van der Waals surface area (Å²) >= 11 is 0. The van der Waals surface area contributed by atoms with Gasteiger partial charge in [-0.1, -0.05) is 33.1 Å². The van der Waals surface area contributed by atoms with Gasteiger partial charge in [0.1, 0.15) is 0 Å². The van der Waals surface area contributed by atoms with Crippen LogP contribution in [0.3, 0.4) is 0 Å². The maximum absolute atomic E-state index is 11.1. The quantitative estimate of drug-likeness (QED) is 0.618. The van der Waals surface area contributed by atoms with Crippen molar-refractivity contribution in [1.82, 2.24) is 0 Å². The molecule has 0 amide bonds. The van der Waals surface area contributed by atoms with Crippen LogP contribution in [0, 0.1) is 11.3 Å². The third-order valence-corrected chi connectivity index (χ3v) is 3.28.